The van der Waals surface area contributed by atoms with Gasteiger partial charge in [0.05, 0.1) is 6.42 Å². The Morgan fingerprint density at radius 1 is 1.28 bits per heavy atom. The molecule has 0 atom stereocenters. The maximum Gasteiger partial charge on any atom is 0.231 e. The molecule has 0 saturated carbocycles. The number of Topliss-reactive ketones (excluding diaryl/α,β-unsaturated/α-hetero) is 1. The van der Waals surface area contributed by atoms with E-state index < -0.39 is 0 Å². The molecule has 0 saturated heterocycles. The van der Waals surface area contributed by atoms with Gasteiger partial charge < -0.3 is 5.32 Å². The molecular formula is C14H16ClNO2. The zero-order chi connectivity index (χ0) is 13.4. The average Bonchev–Trinajstić information content (AvgIpc) is 2.30. The van der Waals surface area contributed by atoms with Crippen LogP contribution in [0.25, 0.3) is 6.08 Å². The summed E-state index contributed by atoms with van der Waals surface area (Å²) in [5.74, 6) is 0.177. The van der Waals surface area contributed by atoms with Crippen molar-refractivity contribution in [1.29, 1.82) is 0 Å². The Hall–Kier alpha value is -1.61. The first-order valence-electron chi connectivity index (χ1n) is 5.73. The van der Waals surface area contributed by atoms with Crippen LogP contribution >= 0.6 is 11.6 Å². The van der Waals surface area contributed by atoms with Crippen LogP contribution in [0.1, 0.15) is 25.3 Å². The summed E-state index contributed by atoms with van der Waals surface area (Å²) in [7, 11) is 0. The number of amides is 1. The summed E-state index contributed by atoms with van der Waals surface area (Å²) in [6, 6.07) is 7.40. The van der Waals surface area contributed by atoms with E-state index >= 15 is 0 Å². The van der Waals surface area contributed by atoms with E-state index in [1.165, 1.54) is 6.92 Å². The molecule has 1 aromatic carbocycles. The number of benzene rings is 1. The number of rotatable bonds is 6. The van der Waals surface area contributed by atoms with Crippen LogP contribution in [-0.2, 0) is 9.59 Å². The zero-order valence-corrected chi connectivity index (χ0v) is 11.0. The number of hydrogen-bond donors (Lipinski definition) is 1. The fourth-order valence-electron chi connectivity index (χ4n) is 1.39. The standard InChI is InChI=1S/C14H16ClNO2/c1-11(17)10-14(18)16-13-7-5-12(6-8-13)4-2-3-9-15/h2,4-8H,3,9-10H2,1H3,(H,16,18). The Labute approximate surface area is 112 Å². The molecule has 0 spiro atoms. The number of carbonyl (C=O) groups is 2. The molecule has 3 nitrogen and oxygen atoms in total. The normalized spacial score (nSPS) is 10.6. The maximum absolute atomic E-state index is 11.4. The molecule has 0 fully saturated rings. The van der Waals surface area contributed by atoms with Crippen molar-refractivity contribution >= 4 is 35.1 Å². The monoisotopic (exact) mass is 265 g/mol. The summed E-state index contributed by atoms with van der Waals surface area (Å²) in [5, 5.41) is 2.66. The second kappa shape index (κ2) is 7.67. The highest BCUT2D eigenvalue weighted by Crippen LogP contribution is 2.11. The van der Waals surface area contributed by atoms with Gasteiger partial charge in [-0.2, -0.15) is 0 Å². The van der Waals surface area contributed by atoms with E-state index in [4.69, 9.17) is 11.6 Å². The molecule has 1 amide bonds. The van der Waals surface area contributed by atoms with Crippen LogP contribution in [0.4, 0.5) is 5.69 Å². The SMILES string of the molecule is CC(=O)CC(=O)Nc1ccc(C=CCCCl)cc1. The first-order valence-corrected chi connectivity index (χ1v) is 6.27. The van der Waals surface area contributed by atoms with Crippen molar-refractivity contribution in [3.05, 3.63) is 35.9 Å². The number of ketones is 1. The molecule has 0 aliphatic rings. The van der Waals surface area contributed by atoms with Gasteiger partial charge in [0, 0.05) is 11.6 Å². The Morgan fingerprint density at radius 3 is 2.50 bits per heavy atom. The molecule has 1 N–H and O–H groups in total. The number of alkyl halides is 1. The van der Waals surface area contributed by atoms with Crippen LogP contribution in [0.2, 0.25) is 0 Å². The molecule has 0 radical (unpaired) electrons. The van der Waals surface area contributed by atoms with Gasteiger partial charge in [-0.05, 0) is 31.0 Å². The number of carbonyl (C=O) groups excluding carboxylic acids is 2. The zero-order valence-electron chi connectivity index (χ0n) is 10.3. The van der Waals surface area contributed by atoms with E-state index in [-0.39, 0.29) is 18.1 Å². The summed E-state index contributed by atoms with van der Waals surface area (Å²) < 4.78 is 0. The van der Waals surface area contributed by atoms with Crippen LogP contribution in [-0.4, -0.2) is 17.6 Å². The Balaban J connectivity index is 2.54. The fourth-order valence-corrected chi connectivity index (χ4v) is 1.52. The lowest BCUT2D eigenvalue weighted by Gasteiger charge is -2.04. The van der Waals surface area contributed by atoms with Gasteiger partial charge in [-0.15, -0.1) is 11.6 Å². The molecule has 4 heteroatoms. The van der Waals surface area contributed by atoms with Gasteiger partial charge in [0.25, 0.3) is 0 Å². The van der Waals surface area contributed by atoms with E-state index in [1.807, 2.05) is 24.3 Å². The minimum Gasteiger partial charge on any atom is -0.326 e. The predicted molar refractivity (Wildman–Crippen MR) is 74.7 cm³/mol. The van der Waals surface area contributed by atoms with Crippen LogP contribution in [0, 0.1) is 0 Å². The fraction of sp³-hybridized carbons (Fsp3) is 0.286. The van der Waals surface area contributed by atoms with E-state index in [0.29, 0.717) is 11.6 Å². The second-order valence-corrected chi connectivity index (χ2v) is 4.31. The lowest BCUT2D eigenvalue weighted by atomic mass is 10.2. The molecule has 1 aromatic rings. The van der Waals surface area contributed by atoms with Crippen molar-refractivity contribution in [2.75, 3.05) is 11.2 Å². The quantitative estimate of drug-likeness (QED) is 0.634. The number of nitrogens with one attached hydrogen (secondary N) is 1. The summed E-state index contributed by atoms with van der Waals surface area (Å²) >= 11 is 5.57. The molecule has 0 aliphatic heterocycles. The summed E-state index contributed by atoms with van der Waals surface area (Å²) in [6.07, 6.45) is 4.72. The summed E-state index contributed by atoms with van der Waals surface area (Å²) in [6.45, 7) is 1.39. The van der Waals surface area contributed by atoms with Crippen molar-refractivity contribution in [1.82, 2.24) is 0 Å². The van der Waals surface area contributed by atoms with Crippen LogP contribution in [0.15, 0.2) is 30.3 Å². The van der Waals surface area contributed by atoms with Crippen molar-refractivity contribution in [3.63, 3.8) is 0 Å². The molecule has 0 heterocycles. The highest BCUT2D eigenvalue weighted by Gasteiger charge is 2.04. The average molecular weight is 266 g/mol. The van der Waals surface area contributed by atoms with E-state index in [0.717, 1.165) is 12.0 Å². The Morgan fingerprint density at radius 2 is 1.94 bits per heavy atom. The second-order valence-electron chi connectivity index (χ2n) is 3.93. The molecule has 0 unspecified atom stereocenters. The number of halogens is 1. The van der Waals surface area contributed by atoms with Gasteiger partial charge in [0.1, 0.15) is 5.78 Å². The lowest BCUT2D eigenvalue weighted by molar-refractivity contribution is -0.124. The largest absolute Gasteiger partial charge is 0.326 e. The molecule has 0 aromatic heterocycles. The van der Waals surface area contributed by atoms with Gasteiger partial charge in [-0.1, -0.05) is 24.3 Å². The van der Waals surface area contributed by atoms with Gasteiger partial charge in [0.15, 0.2) is 0 Å². The highest BCUT2D eigenvalue weighted by molar-refractivity contribution is 6.17. The smallest absolute Gasteiger partial charge is 0.231 e. The molecule has 18 heavy (non-hydrogen) atoms. The van der Waals surface area contributed by atoms with Gasteiger partial charge in [-0.25, -0.2) is 0 Å². The first-order chi connectivity index (χ1) is 8.61. The van der Waals surface area contributed by atoms with Crippen molar-refractivity contribution in [2.45, 2.75) is 19.8 Å². The maximum atomic E-state index is 11.4. The Bertz CT molecular complexity index is 438. The van der Waals surface area contributed by atoms with Crippen molar-refractivity contribution in [2.24, 2.45) is 0 Å². The van der Waals surface area contributed by atoms with E-state index in [2.05, 4.69) is 5.32 Å². The molecule has 1 rings (SSSR count). The van der Waals surface area contributed by atoms with Gasteiger partial charge >= 0.3 is 0 Å². The van der Waals surface area contributed by atoms with Crippen LogP contribution < -0.4 is 5.32 Å². The van der Waals surface area contributed by atoms with Crippen LogP contribution in [0.3, 0.4) is 0 Å². The van der Waals surface area contributed by atoms with Gasteiger partial charge in [-0.3, -0.25) is 9.59 Å². The van der Waals surface area contributed by atoms with Crippen molar-refractivity contribution < 1.29 is 9.59 Å². The van der Waals surface area contributed by atoms with Crippen LogP contribution in [0.5, 0.6) is 0 Å². The van der Waals surface area contributed by atoms with Crippen molar-refractivity contribution in [3.8, 4) is 0 Å². The minimum absolute atomic E-state index is 0.0859. The predicted octanol–water partition coefficient (Wildman–Crippen LogP) is 3.25. The number of anilines is 1. The molecule has 0 bridgehead atoms. The molecule has 96 valence electrons. The number of allylic oxidation sites excluding steroid dienone is 1. The topological polar surface area (TPSA) is 46.2 Å². The van der Waals surface area contributed by atoms with E-state index in [1.54, 1.807) is 12.1 Å². The van der Waals surface area contributed by atoms with Gasteiger partial charge in [0.2, 0.25) is 5.91 Å². The summed E-state index contributed by atoms with van der Waals surface area (Å²) in [4.78, 5) is 22.1. The lowest BCUT2D eigenvalue weighted by Crippen LogP contribution is -2.14. The highest BCUT2D eigenvalue weighted by atomic mass is 35.5. The third-order valence-corrected chi connectivity index (χ3v) is 2.41. The molecule has 0 aliphatic carbocycles. The third-order valence-electron chi connectivity index (χ3n) is 2.19. The molecular weight excluding hydrogens is 250 g/mol. The third kappa shape index (κ3) is 5.64. The van der Waals surface area contributed by atoms with E-state index in [9.17, 15) is 9.59 Å². The number of hydrogen-bond acceptors (Lipinski definition) is 2. The minimum atomic E-state index is -0.284. The summed E-state index contributed by atoms with van der Waals surface area (Å²) in [5.41, 5.74) is 1.74. The Kier molecular flexibility index (Phi) is 6.15. The first kappa shape index (κ1) is 14.5.